The van der Waals surface area contributed by atoms with E-state index in [1.165, 1.54) is 21.5 Å². The van der Waals surface area contributed by atoms with E-state index in [2.05, 4.69) is 127 Å². The molecule has 0 aromatic heterocycles. The van der Waals surface area contributed by atoms with Gasteiger partial charge in [0.2, 0.25) is 0 Å². The summed E-state index contributed by atoms with van der Waals surface area (Å²) in [6, 6.07) is 50.4. The number of halogens is 1. The van der Waals surface area contributed by atoms with Gasteiger partial charge in [-0.05, 0) is 0 Å². The summed E-state index contributed by atoms with van der Waals surface area (Å²) in [5, 5.41) is 3.51. The molecular formula is C32H28ClOP. The van der Waals surface area contributed by atoms with Gasteiger partial charge in [0.05, 0.1) is 0 Å². The zero-order valence-corrected chi connectivity index (χ0v) is 21.2. The minimum absolute atomic E-state index is 0.549. The molecule has 3 heteroatoms. The molecule has 5 aromatic rings. The van der Waals surface area contributed by atoms with Crippen LogP contribution in [0, 0.1) is 0 Å². The number of hydrogen-bond donors (Lipinski definition) is 0. The number of benzene rings is 5. The Morgan fingerprint density at radius 2 is 0.857 bits per heavy atom. The van der Waals surface area contributed by atoms with Crippen molar-refractivity contribution in [3.8, 4) is 5.75 Å². The number of rotatable bonds is 8. The molecule has 0 saturated heterocycles. The van der Waals surface area contributed by atoms with Gasteiger partial charge in [-0.2, -0.15) is 0 Å². The van der Waals surface area contributed by atoms with Crippen LogP contribution in [0.2, 0.25) is 0 Å². The van der Waals surface area contributed by atoms with Crippen LogP contribution in [0.25, 0.3) is 0 Å². The Morgan fingerprint density at radius 1 is 0.457 bits per heavy atom. The van der Waals surface area contributed by atoms with Crippen molar-refractivity contribution in [3.05, 3.63) is 157 Å². The summed E-state index contributed by atoms with van der Waals surface area (Å²) < 4.78 is 6.03. The van der Waals surface area contributed by atoms with Crippen molar-refractivity contribution in [2.24, 2.45) is 0 Å². The van der Waals surface area contributed by atoms with E-state index in [4.69, 9.17) is 16.0 Å². The van der Waals surface area contributed by atoms with Gasteiger partial charge >= 0.3 is 213 Å². The third-order valence-electron chi connectivity index (χ3n) is 6.53. The van der Waals surface area contributed by atoms with Crippen molar-refractivity contribution < 1.29 is 4.74 Å². The van der Waals surface area contributed by atoms with Crippen molar-refractivity contribution in [1.82, 2.24) is 0 Å². The molecule has 35 heavy (non-hydrogen) atoms. The van der Waals surface area contributed by atoms with Gasteiger partial charge in [0.1, 0.15) is 0 Å². The van der Waals surface area contributed by atoms with Crippen LogP contribution in [0.4, 0.5) is 0 Å². The van der Waals surface area contributed by atoms with Crippen molar-refractivity contribution in [2.75, 3.05) is 0 Å². The van der Waals surface area contributed by atoms with E-state index in [1.807, 2.05) is 18.2 Å². The molecule has 0 atom stereocenters. The van der Waals surface area contributed by atoms with Gasteiger partial charge in [-0.15, -0.1) is 0 Å². The fourth-order valence-corrected chi connectivity index (χ4v) is 10.9. The van der Waals surface area contributed by atoms with E-state index in [0.29, 0.717) is 12.8 Å². The Balaban J connectivity index is 1.57. The summed E-state index contributed by atoms with van der Waals surface area (Å²) >= 11 is 8.19. The van der Waals surface area contributed by atoms with E-state index < -0.39 is 5.96 Å². The molecule has 0 aliphatic rings. The molecule has 0 N–H and O–H groups in total. The van der Waals surface area contributed by atoms with Crippen LogP contribution in [0.1, 0.15) is 11.1 Å². The van der Waals surface area contributed by atoms with E-state index in [-0.39, 0.29) is 0 Å². The predicted molar refractivity (Wildman–Crippen MR) is 152 cm³/mol. The van der Waals surface area contributed by atoms with Crippen LogP contribution >= 0.6 is 17.2 Å². The molecule has 5 rings (SSSR count). The van der Waals surface area contributed by atoms with Gasteiger partial charge in [0.15, 0.2) is 0 Å². The topological polar surface area (TPSA) is 9.23 Å². The standard InChI is InChI=1S/C32H28ClOP/c33-35(30-15-7-2-8-16-30,31-17-9-3-10-18-31,32-19-11-4-12-20-32)26-28-21-23-29(24-22-28)34-25-27-13-5-1-6-14-27/h1-24H,25-26H2. The summed E-state index contributed by atoms with van der Waals surface area (Å²) in [5.74, 6) is -2.49. The average molecular weight is 495 g/mol. The van der Waals surface area contributed by atoms with Crippen molar-refractivity contribution in [3.63, 3.8) is 0 Å². The van der Waals surface area contributed by atoms with Gasteiger partial charge in [-0.1, -0.05) is 0 Å². The number of ether oxygens (including phenoxy) is 1. The molecule has 0 aliphatic heterocycles. The van der Waals surface area contributed by atoms with Crippen molar-refractivity contribution in [1.29, 1.82) is 0 Å². The van der Waals surface area contributed by atoms with E-state index >= 15 is 0 Å². The molecule has 0 bridgehead atoms. The molecule has 1 nitrogen and oxygen atoms in total. The number of hydrogen-bond acceptors (Lipinski definition) is 1. The molecule has 174 valence electrons. The van der Waals surface area contributed by atoms with Crippen LogP contribution in [0.15, 0.2) is 146 Å². The van der Waals surface area contributed by atoms with E-state index in [9.17, 15) is 0 Å². The van der Waals surface area contributed by atoms with Crippen LogP contribution in [-0.4, -0.2) is 0 Å². The molecular weight excluding hydrogens is 467 g/mol. The Morgan fingerprint density at radius 3 is 1.29 bits per heavy atom. The second-order valence-corrected chi connectivity index (χ2v) is 15.2. The molecule has 0 aliphatic carbocycles. The van der Waals surface area contributed by atoms with Crippen LogP contribution in [-0.2, 0) is 12.8 Å². The molecule has 0 fully saturated rings. The molecule has 0 saturated carbocycles. The first-order valence-electron chi connectivity index (χ1n) is 11.8. The maximum absolute atomic E-state index is 8.19. The summed E-state index contributed by atoms with van der Waals surface area (Å²) in [7, 11) is 0. The Bertz CT molecular complexity index is 1260. The second-order valence-electron chi connectivity index (χ2n) is 8.77. The average Bonchev–Trinajstić information content (AvgIpc) is 2.95. The Labute approximate surface area is 212 Å². The van der Waals surface area contributed by atoms with Gasteiger partial charge < -0.3 is 0 Å². The summed E-state index contributed by atoms with van der Waals surface area (Å²) in [4.78, 5) is 0. The fraction of sp³-hybridized carbons (Fsp3) is 0.0625. The third kappa shape index (κ3) is 4.63. The molecule has 0 heterocycles. The maximum atomic E-state index is 8.19. The van der Waals surface area contributed by atoms with Gasteiger partial charge in [-0.25, -0.2) is 0 Å². The third-order valence-corrected chi connectivity index (χ3v) is 13.7. The van der Waals surface area contributed by atoms with Crippen molar-refractivity contribution >= 4 is 33.1 Å². The quantitative estimate of drug-likeness (QED) is 0.203. The zero-order valence-electron chi connectivity index (χ0n) is 19.5. The van der Waals surface area contributed by atoms with Crippen LogP contribution in [0.3, 0.4) is 0 Å². The van der Waals surface area contributed by atoms with Gasteiger partial charge in [0.25, 0.3) is 0 Å². The Kier molecular flexibility index (Phi) is 6.73. The normalized spacial score (nSPS) is 12.4. The molecule has 0 radical (unpaired) electrons. The van der Waals surface area contributed by atoms with Crippen LogP contribution < -0.4 is 20.7 Å². The fourth-order valence-electron chi connectivity index (χ4n) is 4.71. The SMILES string of the molecule is ClP(Cc1ccc(OCc2ccccc2)cc1)(c1ccccc1)(c1ccccc1)c1ccccc1. The molecule has 0 spiro atoms. The van der Waals surface area contributed by atoms with Gasteiger partial charge in [-0.3, -0.25) is 0 Å². The van der Waals surface area contributed by atoms with E-state index in [0.717, 1.165) is 11.3 Å². The Hall–Kier alpha value is -3.38. The molecule has 5 aromatic carbocycles. The predicted octanol–water partition coefficient (Wildman–Crippen LogP) is 7.45. The minimum atomic E-state index is -3.34. The summed E-state index contributed by atoms with van der Waals surface area (Å²) in [5.41, 5.74) is 2.33. The summed E-state index contributed by atoms with van der Waals surface area (Å²) in [6.45, 7) is 0.549. The summed E-state index contributed by atoms with van der Waals surface area (Å²) in [6.07, 6.45) is 0.712. The first-order valence-corrected chi connectivity index (χ1v) is 15.1. The first-order chi connectivity index (χ1) is 17.2. The molecule has 0 amide bonds. The van der Waals surface area contributed by atoms with Crippen LogP contribution in [0.5, 0.6) is 5.75 Å². The van der Waals surface area contributed by atoms with E-state index in [1.54, 1.807) is 0 Å². The van der Waals surface area contributed by atoms with Gasteiger partial charge in [0, 0.05) is 0 Å². The second kappa shape index (κ2) is 10.1. The molecule has 0 unspecified atom stereocenters. The monoisotopic (exact) mass is 494 g/mol. The first kappa shape index (κ1) is 23.4. The zero-order chi connectivity index (χ0) is 24.0. The van der Waals surface area contributed by atoms with Crippen molar-refractivity contribution in [2.45, 2.75) is 12.8 Å².